The van der Waals surface area contributed by atoms with Crippen LogP contribution in [0, 0.1) is 11.8 Å². The zero-order valence-electron chi connectivity index (χ0n) is 11.6. The number of hydrogen-bond acceptors (Lipinski definition) is 3. The van der Waals surface area contributed by atoms with Crippen LogP contribution in [0.5, 0.6) is 5.75 Å². The average molecular weight is 251 g/mol. The number of ether oxygens (including phenoxy) is 1. The molecule has 1 aromatic carbocycles. The molecule has 0 saturated carbocycles. The van der Waals surface area contributed by atoms with Crippen molar-refractivity contribution in [1.29, 1.82) is 0 Å². The highest BCUT2D eigenvalue weighted by atomic mass is 16.5. The highest BCUT2D eigenvalue weighted by molar-refractivity contribution is 5.27. The van der Waals surface area contributed by atoms with Crippen LogP contribution in [0.15, 0.2) is 24.3 Å². The quantitative estimate of drug-likeness (QED) is 0.745. The van der Waals surface area contributed by atoms with Gasteiger partial charge >= 0.3 is 0 Å². The van der Waals surface area contributed by atoms with Crippen molar-refractivity contribution in [2.75, 3.05) is 19.8 Å². The smallest absolute Gasteiger partial charge is 0.119 e. The molecule has 1 rings (SSSR count). The zero-order valence-corrected chi connectivity index (χ0v) is 11.6. The van der Waals surface area contributed by atoms with Crippen molar-refractivity contribution < 1.29 is 9.84 Å². The molecule has 0 aliphatic rings. The van der Waals surface area contributed by atoms with Gasteiger partial charge in [0.2, 0.25) is 0 Å². The summed E-state index contributed by atoms with van der Waals surface area (Å²) >= 11 is 0. The summed E-state index contributed by atoms with van der Waals surface area (Å²) in [5.41, 5.74) is 1.23. The molecule has 0 spiro atoms. The standard InChI is InChI=1S/C15H25NO2/c1-12(2)11-18-15-6-4-14(5-7-15)9-16-8-13(3)10-17/h4-7,12-13,16-17H,8-11H2,1-3H3. The third kappa shape index (κ3) is 6.03. The van der Waals surface area contributed by atoms with Crippen molar-refractivity contribution in [2.24, 2.45) is 11.8 Å². The molecule has 0 bridgehead atoms. The molecular formula is C15H25NO2. The van der Waals surface area contributed by atoms with Gasteiger partial charge in [-0.15, -0.1) is 0 Å². The lowest BCUT2D eigenvalue weighted by molar-refractivity contribution is 0.233. The second-order valence-electron chi connectivity index (χ2n) is 5.27. The van der Waals surface area contributed by atoms with E-state index in [-0.39, 0.29) is 6.61 Å². The minimum Gasteiger partial charge on any atom is -0.493 e. The van der Waals surface area contributed by atoms with Crippen LogP contribution in [-0.4, -0.2) is 24.9 Å². The van der Waals surface area contributed by atoms with Gasteiger partial charge in [0.15, 0.2) is 0 Å². The molecule has 3 heteroatoms. The van der Waals surface area contributed by atoms with Gasteiger partial charge in [0, 0.05) is 19.7 Å². The van der Waals surface area contributed by atoms with E-state index in [2.05, 4.69) is 31.3 Å². The highest BCUT2D eigenvalue weighted by Gasteiger charge is 2.00. The normalized spacial score (nSPS) is 12.7. The first-order chi connectivity index (χ1) is 8.61. The number of hydrogen-bond donors (Lipinski definition) is 2. The van der Waals surface area contributed by atoms with Crippen LogP contribution in [0.4, 0.5) is 0 Å². The zero-order chi connectivity index (χ0) is 13.4. The molecule has 102 valence electrons. The predicted molar refractivity (Wildman–Crippen MR) is 74.7 cm³/mol. The summed E-state index contributed by atoms with van der Waals surface area (Å²) in [7, 11) is 0. The van der Waals surface area contributed by atoms with E-state index in [1.807, 2.05) is 19.1 Å². The van der Waals surface area contributed by atoms with Crippen molar-refractivity contribution >= 4 is 0 Å². The molecule has 0 aliphatic carbocycles. The molecule has 1 atom stereocenters. The largest absolute Gasteiger partial charge is 0.493 e. The van der Waals surface area contributed by atoms with Gasteiger partial charge in [0.1, 0.15) is 5.75 Å². The van der Waals surface area contributed by atoms with Crippen LogP contribution in [0.3, 0.4) is 0 Å². The maximum atomic E-state index is 8.92. The number of nitrogens with one attached hydrogen (secondary N) is 1. The molecule has 0 aliphatic heterocycles. The van der Waals surface area contributed by atoms with Crippen molar-refractivity contribution in [3.8, 4) is 5.75 Å². The molecule has 3 nitrogen and oxygen atoms in total. The van der Waals surface area contributed by atoms with Gasteiger partial charge in [0.05, 0.1) is 6.61 Å². The second kappa shape index (κ2) is 8.11. The maximum absolute atomic E-state index is 8.92. The molecule has 0 aromatic heterocycles. The third-order valence-corrected chi connectivity index (χ3v) is 2.64. The van der Waals surface area contributed by atoms with Crippen molar-refractivity contribution in [3.63, 3.8) is 0 Å². The van der Waals surface area contributed by atoms with Gasteiger partial charge in [-0.3, -0.25) is 0 Å². The third-order valence-electron chi connectivity index (χ3n) is 2.64. The van der Waals surface area contributed by atoms with Crippen molar-refractivity contribution in [2.45, 2.75) is 27.3 Å². The molecule has 2 N–H and O–H groups in total. The number of rotatable bonds is 8. The molecule has 0 radical (unpaired) electrons. The first-order valence-electron chi connectivity index (χ1n) is 6.65. The van der Waals surface area contributed by atoms with Crippen LogP contribution in [0.2, 0.25) is 0 Å². The summed E-state index contributed by atoms with van der Waals surface area (Å²) in [5.74, 6) is 1.78. The Morgan fingerprint density at radius 3 is 2.39 bits per heavy atom. The summed E-state index contributed by atoms with van der Waals surface area (Å²) in [5, 5.41) is 12.2. The Balaban J connectivity index is 2.31. The lowest BCUT2D eigenvalue weighted by Crippen LogP contribution is -2.22. The molecule has 1 unspecified atom stereocenters. The summed E-state index contributed by atoms with van der Waals surface area (Å²) in [6.45, 7) is 8.95. The minimum atomic E-state index is 0.231. The predicted octanol–water partition coefficient (Wildman–Crippen LogP) is 2.44. The monoisotopic (exact) mass is 251 g/mol. The summed E-state index contributed by atoms with van der Waals surface area (Å²) in [6, 6.07) is 8.17. The van der Waals surface area contributed by atoms with Gasteiger partial charge in [-0.25, -0.2) is 0 Å². The number of aliphatic hydroxyl groups is 1. The molecule has 18 heavy (non-hydrogen) atoms. The Morgan fingerprint density at radius 1 is 1.17 bits per heavy atom. The molecule has 0 saturated heterocycles. The maximum Gasteiger partial charge on any atom is 0.119 e. The van der Waals surface area contributed by atoms with Gasteiger partial charge in [-0.2, -0.15) is 0 Å². The summed E-state index contributed by atoms with van der Waals surface area (Å²) < 4.78 is 5.63. The van der Waals surface area contributed by atoms with Crippen LogP contribution in [0.1, 0.15) is 26.3 Å². The van der Waals surface area contributed by atoms with E-state index in [4.69, 9.17) is 9.84 Å². The average Bonchev–Trinajstić information content (AvgIpc) is 2.37. The van der Waals surface area contributed by atoms with E-state index in [0.29, 0.717) is 11.8 Å². The lowest BCUT2D eigenvalue weighted by Gasteiger charge is -2.11. The van der Waals surface area contributed by atoms with Crippen LogP contribution in [0.25, 0.3) is 0 Å². The van der Waals surface area contributed by atoms with Crippen LogP contribution >= 0.6 is 0 Å². The van der Waals surface area contributed by atoms with E-state index in [1.165, 1.54) is 5.56 Å². The number of aliphatic hydroxyl groups excluding tert-OH is 1. The molecular weight excluding hydrogens is 226 g/mol. The van der Waals surface area contributed by atoms with Crippen LogP contribution in [-0.2, 0) is 6.54 Å². The molecule has 0 fully saturated rings. The van der Waals surface area contributed by atoms with E-state index in [1.54, 1.807) is 0 Å². The van der Waals surface area contributed by atoms with Gasteiger partial charge < -0.3 is 15.2 Å². The first kappa shape index (κ1) is 15.0. The summed E-state index contributed by atoms with van der Waals surface area (Å²) in [6.07, 6.45) is 0. The Morgan fingerprint density at radius 2 is 1.83 bits per heavy atom. The van der Waals surface area contributed by atoms with E-state index >= 15 is 0 Å². The van der Waals surface area contributed by atoms with Crippen molar-refractivity contribution in [3.05, 3.63) is 29.8 Å². The Hall–Kier alpha value is -1.06. The van der Waals surface area contributed by atoms with Gasteiger partial charge in [0.25, 0.3) is 0 Å². The van der Waals surface area contributed by atoms with E-state index in [9.17, 15) is 0 Å². The molecule has 1 aromatic rings. The molecule has 0 amide bonds. The first-order valence-corrected chi connectivity index (χ1v) is 6.65. The minimum absolute atomic E-state index is 0.231. The Labute approximate surface area is 110 Å². The fourth-order valence-electron chi connectivity index (χ4n) is 1.49. The Kier molecular flexibility index (Phi) is 6.76. The lowest BCUT2D eigenvalue weighted by atomic mass is 10.2. The van der Waals surface area contributed by atoms with Gasteiger partial charge in [-0.05, 0) is 29.5 Å². The fraction of sp³-hybridized carbons (Fsp3) is 0.600. The second-order valence-corrected chi connectivity index (χ2v) is 5.27. The van der Waals surface area contributed by atoms with E-state index < -0.39 is 0 Å². The van der Waals surface area contributed by atoms with Gasteiger partial charge in [-0.1, -0.05) is 32.9 Å². The topological polar surface area (TPSA) is 41.5 Å². The number of benzene rings is 1. The Bertz CT molecular complexity index is 322. The van der Waals surface area contributed by atoms with Crippen molar-refractivity contribution in [1.82, 2.24) is 5.32 Å². The van der Waals surface area contributed by atoms with Crippen LogP contribution < -0.4 is 10.1 Å². The molecule has 0 heterocycles. The fourth-order valence-corrected chi connectivity index (χ4v) is 1.49. The SMILES string of the molecule is CC(C)COc1ccc(CNCC(C)CO)cc1. The van der Waals surface area contributed by atoms with E-state index in [0.717, 1.165) is 25.4 Å². The summed E-state index contributed by atoms with van der Waals surface area (Å²) in [4.78, 5) is 0. The highest BCUT2D eigenvalue weighted by Crippen LogP contribution is 2.13.